The Morgan fingerprint density at radius 1 is 1.13 bits per heavy atom. The number of hydrogen-bond donors (Lipinski definition) is 1. The molecule has 1 unspecified atom stereocenters. The normalized spacial score (nSPS) is 18.5. The fourth-order valence-corrected chi connectivity index (χ4v) is 4.19. The number of aryl methyl sites for hydroxylation is 1. The van der Waals surface area contributed by atoms with Gasteiger partial charge in [0.15, 0.2) is 0 Å². The Kier molecular flexibility index (Phi) is 5.61. The number of hydrogen-bond acceptors (Lipinski definition) is 5. The molecule has 3 heterocycles. The Hall–Kier alpha value is -3.45. The van der Waals surface area contributed by atoms with Crippen LogP contribution < -0.4 is 0 Å². The average Bonchev–Trinajstić information content (AvgIpc) is 3.23. The average molecular weight is 418 g/mol. The summed E-state index contributed by atoms with van der Waals surface area (Å²) >= 11 is 0. The van der Waals surface area contributed by atoms with Crippen LogP contribution in [0.2, 0.25) is 0 Å². The first kappa shape index (κ1) is 20.8. The van der Waals surface area contributed by atoms with Crippen molar-refractivity contribution >= 4 is 28.4 Å². The molecule has 1 aliphatic heterocycles. The van der Waals surface area contributed by atoms with Gasteiger partial charge in [-0.05, 0) is 45.3 Å². The summed E-state index contributed by atoms with van der Waals surface area (Å²) in [5.74, 6) is -1.44. The Morgan fingerprint density at radius 2 is 1.87 bits per heavy atom. The zero-order valence-electron chi connectivity index (χ0n) is 17.9. The van der Waals surface area contributed by atoms with Gasteiger partial charge in [0.25, 0.3) is 11.7 Å². The molecule has 1 aliphatic rings. The van der Waals surface area contributed by atoms with Crippen molar-refractivity contribution in [2.24, 2.45) is 7.05 Å². The van der Waals surface area contributed by atoms with Crippen molar-refractivity contribution in [1.82, 2.24) is 19.4 Å². The maximum absolute atomic E-state index is 13.1. The van der Waals surface area contributed by atoms with Gasteiger partial charge in [-0.25, -0.2) is 0 Å². The van der Waals surface area contributed by atoms with Crippen LogP contribution in [0, 0.1) is 0 Å². The van der Waals surface area contributed by atoms with Gasteiger partial charge < -0.3 is 19.5 Å². The van der Waals surface area contributed by atoms with Gasteiger partial charge in [0, 0.05) is 42.5 Å². The van der Waals surface area contributed by atoms with Crippen LogP contribution in [-0.4, -0.2) is 63.3 Å². The number of aromatic nitrogens is 2. The lowest BCUT2D eigenvalue weighted by atomic mass is 9.98. The van der Waals surface area contributed by atoms with E-state index in [1.165, 1.54) is 4.90 Å². The number of rotatable bonds is 6. The van der Waals surface area contributed by atoms with E-state index in [4.69, 9.17) is 0 Å². The summed E-state index contributed by atoms with van der Waals surface area (Å²) in [6.07, 6.45) is 4.12. The number of amides is 1. The van der Waals surface area contributed by atoms with E-state index in [0.717, 1.165) is 17.4 Å². The third kappa shape index (κ3) is 3.72. The topological polar surface area (TPSA) is 78.7 Å². The van der Waals surface area contributed by atoms with Crippen molar-refractivity contribution in [3.8, 4) is 0 Å². The van der Waals surface area contributed by atoms with Crippen molar-refractivity contribution in [2.75, 3.05) is 27.2 Å². The number of pyridine rings is 1. The SMILES string of the molecule is CN(C)CCCN1C(=O)C(=O)C(=C(O)c2cn(C)c3ccccc23)C1c1ccccn1. The van der Waals surface area contributed by atoms with Crippen LogP contribution in [0.1, 0.15) is 23.7 Å². The van der Waals surface area contributed by atoms with Gasteiger partial charge in [-0.3, -0.25) is 14.6 Å². The smallest absolute Gasteiger partial charge is 0.295 e. The standard InChI is InChI=1S/C24H26N4O3/c1-26(2)13-8-14-28-21(18-10-6-7-12-25-18)20(23(30)24(28)31)22(29)17-15-27(3)19-11-5-4-9-16(17)19/h4-7,9-12,15,21,29H,8,13-14H2,1-3H3. The maximum Gasteiger partial charge on any atom is 0.295 e. The highest BCUT2D eigenvalue weighted by atomic mass is 16.3. The fourth-order valence-electron chi connectivity index (χ4n) is 4.19. The summed E-state index contributed by atoms with van der Waals surface area (Å²) in [6.45, 7) is 1.18. The molecular formula is C24H26N4O3. The molecule has 7 heteroatoms. The molecule has 0 bridgehead atoms. The molecule has 1 N–H and O–H groups in total. The van der Waals surface area contributed by atoms with Gasteiger partial charge in [-0.1, -0.05) is 24.3 Å². The van der Waals surface area contributed by atoms with E-state index in [1.807, 2.05) is 60.9 Å². The number of ketones is 1. The van der Waals surface area contributed by atoms with E-state index < -0.39 is 17.7 Å². The molecule has 1 aromatic carbocycles. The predicted octanol–water partition coefficient (Wildman–Crippen LogP) is 2.95. The first-order chi connectivity index (χ1) is 14.9. The molecule has 1 atom stereocenters. The number of Topliss-reactive ketones (excluding diaryl/α,β-unsaturated/α-hetero) is 1. The number of aliphatic hydroxyl groups is 1. The van der Waals surface area contributed by atoms with Crippen molar-refractivity contribution in [2.45, 2.75) is 12.5 Å². The highest BCUT2D eigenvalue weighted by molar-refractivity contribution is 6.46. The number of carbonyl (C=O) groups is 2. The number of benzene rings is 1. The van der Waals surface area contributed by atoms with Gasteiger partial charge >= 0.3 is 0 Å². The lowest BCUT2D eigenvalue weighted by Crippen LogP contribution is -2.32. The molecule has 1 saturated heterocycles. The minimum atomic E-state index is -0.720. The maximum atomic E-state index is 13.1. The third-order valence-corrected chi connectivity index (χ3v) is 5.66. The molecule has 4 rings (SSSR count). The van der Waals surface area contributed by atoms with Crippen LogP contribution in [0.25, 0.3) is 16.7 Å². The lowest BCUT2D eigenvalue weighted by Gasteiger charge is -2.25. The van der Waals surface area contributed by atoms with Crippen LogP contribution in [0.4, 0.5) is 0 Å². The molecule has 7 nitrogen and oxygen atoms in total. The summed E-state index contributed by atoms with van der Waals surface area (Å²) in [6, 6.07) is 12.3. The molecular weight excluding hydrogens is 392 g/mol. The number of carbonyl (C=O) groups excluding carboxylic acids is 2. The van der Waals surface area contributed by atoms with Crippen molar-refractivity contribution in [3.63, 3.8) is 0 Å². The second-order valence-electron chi connectivity index (χ2n) is 8.07. The summed E-state index contributed by atoms with van der Waals surface area (Å²) in [5, 5.41) is 12.1. The summed E-state index contributed by atoms with van der Waals surface area (Å²) in [4.78, 5) is 34.0. The Balaban J connectivity index is 1.85. The molecule has 160 valence electrons. The zero-order chi connectivity index (χ0) is 22.1. The second-order valence-corrected chi connectivity index (χ2v) is 8.07. The number of aliphatic hydroxyl groups excluding tert-OH is 1. The monoisotopic (exact) mass is 418 g/mol. The van der Waals surface area contributed by atoms with Gasteiger partial charge in [0.2, 0.25) is 0 Å². The highest BCUT2D eigenvalue weighted by Gasteiger charge is 2.46. The van der Waals surface area contributed by atoms with Crippen LogP contribution in [0.5, 0.6) is 0 Å². The highest BCUT2D eigenvalue weighted by Crippen LogP contribution is 2.40. The summed E-state index contributed by atoms with van der Waals surface area (Å²) in [5.41, 5.74) is 2.11. The predicted molar refractivity (Wildman–Crippen MR) is 119 cm³/mol. The first-order valence-electron chi connectivity index (χ1n) is 10.3. The van der Waals surface area contributed by atoms with Crippen LogP contribution in [-0.2, 0) is 16.6 Å². The quantitative estimate of drug-likeness (QED) is 0.378. The number of para-hydroxylation sites is 1. The molecule has 0 aliphatic carbocycles. The van der Waals surface area contributed by atoms with E-state index >= 15 is 0 Å². The molecule has 2 aromatic heterocycles. The van der Waals surface area contributed by atoms with E-state index in [-0.39, 0.29) is 11.3 Å². The minimum absolute atomic E-state index is 0.0879. The number of nitrogens with zero attached hydrogens (tertiary/aromatic N) is 4. The third-order valence-electron chi connectivity index (χ3n) is 5.66. The molecule has 0 radical (unpaired) electrons. The van der Waals surface area contributed by atoms with E-state index in [1.54, 1.807) is 24.5 Å². The number of fused-ring (bicyclic) bond motifs is 1. The molecule has 0 saturated carbocycles. The fraction of sp³-hybridized carbons (Fsp3) is 0.292. The Bertz CT molecular complexity index is 1160. The molecule has 1 fully saturated rings. The van der Waals surface area contributed by atoms with Crippen molar-refractivity contribution in [3.05, 3.63) is 71.7 Å². The zero-order valence-corrected chi connectivity index (χ0v) is 17.9. The largest absolute Gasteiger partial charge is 0.507 e. The number of likely N-dealkylation sites (tertiary alicyclic amines) is 1. The summed E-state index contributed by atoms with van der Waals surface area (Å²) < 4.78 is 1.90. The lowest BCUT2D eigenvalue weighted by molar-refractivity contribution is -0.140. The Labute approximate surface area is 181 Å². The summed E-state index contributed by atoms with van der Waals surface area (Å²) in [7, 11) is 5.81. The Morgan fingerprint density at radius 3 is 2.58 bits per heavy atom. The molecule has 0 spiro atoms. The van der Waals surface area contributed by atoms with Crippen LogP contribution >= 0.6 is 0 Å². The minimum Gasteiger partial charge on any atom is -0.507 e. The van der Waals surface area contributed by atoms with Crippen molar-refractivity contribution < 1.29 is 14.7 Å². The van der Waals surface area contributed by atoms with E-state index in [2.05, 4.69) is 4.98 Å². The van der Waals surface area contributed by atoms with E-state index in [0.29, 0.717) is 24.2 Å². The van der Waals surface area contributed by atoms with Crippen LogP contribution in [0.3, 0.4) is 0 Å². The van der Waals surface area contributed by atoms with Crippen molar-refractivity contribution in [1.29, 1.82) is 0 Å². The molecule has 31 heavy (non-hydrogen) atoms. The van der Waals surface area contributed by atoms with Gasteiger partial charge in [-0.15, -0.1) is 0 Å². The van der Waals surface area contributed by atoms with Gasteiger partial charge in [-0.2, -0.15) is 0 Å². The van der Waals surface area contributed by atoms with Gasteiger partial charge in [0.05, 0.1) is 11.3 Å². The molecule has 1 amide bonds. The first-order valence-corrected chi connectivity index (χ1v) is 10.3. The molecule has 3 aromatic rings. The van der Waals surface area contributed by atoms with E-state index in [9.17, 15) is 14.7 Å². The van der Waals surface area contributed by atoms with Gasteiger partial charge in [0.1, 0.15) is 11.8 Å². The second kappa shape index (κ2) is 8.35. The van der Waals surface area contributed by atoms with Crippen LogP contribution in [0.15, 0.2) is 60.4 Å².